The van der Waals surface area contributed by atoms with E-state index >= 15 is 0 Å². The Balaban J connectivity index is 1.53. The number of alkyl halides is 1. The van der Waals surface area contributed by atoms with Gasteiger partial charge in [-0.3, -0.25) is 0 Å². The minimum atomic E-state index is -1.21. The van der Waals surface area contributed by atoms with E-state index in [9.17, 15) is 9.18 Å². The van der Waals surface area contributed by atoms with Crippen molar-refractivity contribution in [3.8, 4) is 5.75 Å². The van der Waals surface area contributed by atoms with Crippen LogP contribution < -0.4 is 10.1 Å². The van der Waals surface area contributed by atoms with E-state index in [4.69, 9.17) is 14.4 Å². The smallest absolute Gasteiger partial charge is 0.335 e. The summed E-state index contributed by atoms with van der Waals surface area (Å²) in [4.78, 5) is 15.4. The Kier molecular flexibility index (Phi) is 7.19. The maximum atomic E-state index is 13.8. The summed E-state index contributed by atoms with van der Waals surface area (Å²) in [5.41, 5.74) is 0.965. The average Bonchev–Trinajstić information content (AvgIpc) is 3.21. The summed E-state index contributed by atoms with van der Waals surface area (Å²) in [6.45, 7) is 5.74. The summed E-state index contributed by atoms with van der Waals surface area (Å²) in [6.07, 6.45) is 1.89. The van der Waals surface area contributed by atoms with Gasteiger partial charge < -0.3 is 19.7 Å². The number of aryl methyl sites for hydroxylation is 1. The van der Waals surface area contributed by atoms with Crippen LogP contribution in [-0.2, 0) is 0 Å². The third-order valence-electron chi connectivity index (χ3n) is 5.46. The number of ether oxygens (including phenoxy) is 1. The van der Waals surface area contributed by atoms with Gasteiger partial charge in [0.25, 0.3) is 5.89 Å². The first-order chi connectivity index (χ1) is 14.0. The van der Waals surface area contributed by atoms with Gasteiger partial charge in [0, 0.05) is 12.5 Å². The van der Waals surface area contributed by atoms with Gasteiger partial charge in [-0.25, -0.2) is 9.18 Å². The largest absolute Gasteiger partial charge is 0.494 e. The van der Waals surface area contributed by atoms with E-state index in [1.54, 1.807) is 32.0 Å². The average molecular weight is 405 g/mol. The lowest BCUT2D eigenvalue weighted by molar-refractivity contribution is 0.0696. The van der Waals surface area contributed by atoms with Crippen LogP contribution in [0.15, 0.2) is 22.7 Å². The molecule has 1 saturated heterocycles. The molecule has 158 valence electrons. The molecule has 0 aliphatic carbocycles. The van der Waals surface area contributed by atoms with Gasteiger partial charge in [-0.05, 0) is 68.8 Å². The van der Waals surface area contributed by atoms with E-state index in [0.29, 0.717) is 36.1 Å². The fourth-order valence-electron chi connectivity index (χ4n) is 3.76. The van der Waals surface area contributed by atoms with Gasteiger partial charge >= 0.3 is 5.97 Å². The molecule has 0 saturated carbocycles. The molecule has 1 aliphatic rings. The first kappa shape index (κ1) is 21.2. The van der Waals surface area contributed by atoms with E-state index in [0.717, 1.165) is 32.4 Å². The number of nitrogens with zero attached hydrogens (tertiary/aromatic N) is 2. The quantitative estimate of drug-likeness (QED) is 0.607. The van der Waals surface area contributed by atoms with Crippen LogP contribution in [0.3, 0.4) is 0 Å². The molecule has 3 atom stereocenters. The summed E-state index contributed by atoms with van der Waals surface area (Å²) in [5.74, 6) is 0.854. The van der Waals surface area contributed by atoms with Crippen molar-refractivity contribution in [1.82, 2.24) is 15.5 Å². The Morgan fingerprint density at radius 1 is 1.48 bits per heavy atom. The monoisotopic (exact) mass is 405 g/mol. The van der Waals surface area contributed by atoms with Crippen LogP contribution in [-0.4, -0.2) is 40.9 Å². The molecule has 0 bridgehead atoms. The van der Waals surface area contributed by atoms with Crippen molar-refractivity contribution < 1.29 is 23.6 Å². The molecular weight excluding hydrogens is 377 g/mol. The number of aromatic nitrogens is 2. The number of hydrogen-bond acceptors (Lipinski definition) is 6. The third-order valence-corrected chi connectivity index (χ3v) is 5.46. The summed E-state index contributed by atoms with van der Waals surface area (Å²) in [5, 5.41) is 16.5. The molecular formula is C21H28FN3O4. The molecule has 3 rings (SSSR count). The molecule has 2 aromatic rings. The third kappa shape index (κ3) is 5.32. The summed E-state index contributed by atoms with van der Waals surface area (Å²) in [6, 6.07) is 5.00. The molecule has 2 heterocycles. The van der Waals surface area contributed by atoms with Crippen molar-refractivity contribution in [2.24, 2.45) is 5.92 Å². The Labute approximate surface area is 169 Å². The molecule has 1 aromatic heterocycles. The van der Waals surface area contributed by atoms with Crippen LogP contribution in [0.5, 0.6) is 5.75 Å². The number of nitrogens with one attached hydrogen (secondary N) is 1. The lowest BCUT2D eigenvalue weighted by Gasteiger charge is -2.30. The van der Waals surface area contributed by atoms with E-state index in [1.807, 2.05) is 0 Å². The molecule has 1 aromatic carbocycles. The van der Waals surface area contributed by atoms with Crippen LogP contribution in [0.1, 0.15) is 72.3 Å². The summed E-state index contributed by atoms with van der Waals surface area (Å²) >= 11 is 0. The number of carboxylic acid groups (broad SMARTS) is 1. The van der Waals surface area contributed by atoms with Gasteiger partial charge in [0.2, 0.25) is 0 Å². The Morgan fingerprint density at radius 3 is 3.03 bits per heavy atom. The van der Waals surface area contributed by atoms with Crippen LogP contribution >= 0.6 is 0 Å². The SMILES string of the molecule is CCC(F)c1nc(C2CNCCC2CCCOc2ccc(C(=O)O)c(C)c2)no1. The highest BCUT2D eigenvalue weighted by molar-refractivity contribution is 5.89. The number of piperidine rings is 1. The van der Waals surface area contributed by atoms with Crippen LogP contribution in [0, 0.1) is 12.8 Å². The number of benzene rings is 1. The molecule has 3 unspecified atom stereocenters. The standard InChI is InChI=1S/C21H28FN3O4/c1-3-18(22)20-24-19(25-29-20)17-12-23-9-8-14(17)5-4-10-28-15-6-7-16(21(26)27)13(2)11-15/h6-7,11,14,17-18,23H,3-5,8-10,12H2,1-2H3,(H,26,27). The van der Waals surface area contributed by atoms with Crippen LogP contribution in [0.25, 0.3) is 0 Å². The van der Waals surface area contributed by atoms with E-state index < -0.39 is 12.1 Å². The van der Waals surface area contributed by atoms with Crippen molar-refractivity contribution in [2.45, 2.75) is 51.6 Å². The number of carbonyl (C=O) groups is 1. The fraction of sp³-hybridized carbons (Fsp3) is 0.571. The van der Waals surface area contributed by atoms with Gasteiger partial charge in [-0.1, -0.05) is 12.1 Å². The minimum Gasteiger partial charge on any atom is -0.494 e. The molecule has 0 radical (unpaired) electrons. The predicted molar refractivity (Wildman–Crippen MR) is 105 cm³/mol. The van der Waals surface area contributed by atoms with Crippen molar-refractivity contribution in [3.05, 3.63) is 41.0 Å². The number of hydrogen-bond donors (Lipinski definition) is 2. The van der Waals surface area contributed by atoms with Crippen LogP contribution in [0.2, 0.25) is 0 Å². The normalized spacial score (nSPS) is 20.4. The van der Waals surface area contributed by atoms with E-state index in [-0.39, 0.29) is 17.4 Å². The van der Waals surface area contributed by atoms with Crippen molar-refractivity contribution in [3.63, 3.8) is 0 Å². The summed E-state index contributed by atoms with van der Waals surface area (Å²) in [7, 11) is 0. The minimum absolute atomic E-state index is 0.0651. The molecule has 0 amide bonds. The lowest BCUT2D eigenvalue weighted by Crippen LogP contribution is -2.35. The van der Waals surface area contributed by atoms with Crippen molar-refractivity contribution in [2.75, 3.05) is 19.7 Å². The van der Waals surface area contributed by atoms with E-state index in [2.05, 4.69) is 15.5 Å². The maximum Gasteiger partial charge on any atom is 0.335 e. The van der Waals surface area contributed by atoms with Gasteiger partial charge in [-0.15, -0.1) is 0 Å². The van der Waals surface area contributed by atoms with E-state index in [1.165, 1.54) is 0 Å². The zero-order valence-corrected chi connectivity index (χ0v) is 16.9. The lowest BCUT2D eigenvalue weighted by atomic mass is 9.82. The van der Waals surface area contributed by atoms with Gasteiger partial charge in [-0.2, -0.15) is 4.98 Å². The molecule has 1 fully saturated rings. The molecule has 0 spiro atoms. The first-order valence-corrected chi connectivity index (χ1v) is 10.1. The second-order valence-electron chi connectivity index (χ2n) is 7.50. The zero-order chi connectivity index (χ0) is 20.8. The second kappa shape index (κ2) is 9.82. The highest BCUT2D eigenvalue weighted by atomic mass is 19.1. The fourth-order valence-corrected chi connectivity index (χ4v) is 3.76. The highest BCUT2D eigenvalue weighted by Gasteiger charge is 2.30. The van der Waals surface area contributed by atoms with Crippen LogP contribution in [0.4, 0.5) is 4.39 Å². The van der Waals surface area contributed by atoms with Gasteiger partial charge in [0.15, 0.2) is 12.0 Å². The molecule has 29 heavy (non-hydrogen) atoms. The van der Waals surface area contributed by atoms with Gasteiger partial charge in [0.1, 0.15) is 5.75 Å². The second-order valence-corrected chi connectivity index (χ2v) is 7.50. The molecule has 8 heteroatoms. The molecule has 7 nitrogen and oxygen atoms in total. The first-order valence-electron chi connectivity index (χ1n) is 10.1. The highest BCUT2D eigenvalue weighted by Crippen LogP contribution is 2.32. The maximum absolute atomic E-state index is 13.8. The Morgan fingerprint density at radius 2 is 2.31 bits per heavy atom. The van der Waals surface area contributed by atoms with Gasteiger partial charge in [0.05, 0.1) is 12.2 Å². The van der Waals surface area contributed by atoms with Crippen molar-refractivity contribution in [1.29, 1.82) is 0 Å². The number of halogens is 1. The number of carboxylic acids is 1. The number of rotatable bonds is 9. The number of aromatic carboxylic acids is 1. The zero-order valence-electron chi connectivity index (χ0n) is 16.9. The Hall–Kier alpha value is -2.48. The molecule has 2 N–H and O–H groups in total. The predicted octanol–water partition coefficient (Wildman–Crippen LogP) is 4.05. The topological polar surface area (TPSA) is 97.5 Å². The van der Waals surface area contributed by atoms with Crippen molar-refractivity contribution >= 4 is 5.97 Å². The summed E-state index contributed by atoms with van der Waals surface area (Å²) < 4.78 is 24.7. The Bertz CT molecular complexity index is 826. The molecule has 1 aliphatic heterocycles.